The Kier molecular flexibility index (Phi) is 5.84. The summed E-state index contributed by atoms with van der Waals surface area (Å²) in [6.45, 7) is 0.923. The summed E-state index contributed by atoms with van der Waals surface area (Å²) in [4.78, 5) is 6.03. The minimum Gasteiger partial charge on any atom is -0.497 e. The molecule has 6 rings (SSSR count). The van der Waals surface area contributed by atoms with Crippen molar-refractivity contribution in [3.63, 3.8) is 0 Å². The third-order valence-electron chi connectivity index (χ3n) is 7.40. The number of methoxy groups -OCH3 is 1. The molecular weight excluding hydrogens is 476 g/mol. The lowest BCUT2D eigenvalue weighted by Gasteiger charge is -2.41. The molecule has 0 spiro atoms. The number of hydrogen-bond acceptors (Lipinski definition) is 6. The molecule has 8 heteroatoms. The molecule has 2 fully saturated rings. The highest BCUT2D eigenvalue weighted by molar-refractivity contribution is 7.89. The molecule has 3 atom stereocenters. The van der Waals surface area contributed by atoms with Crippen LogP contribution in [0.25, 0.3) is 22.3 Å². The fraction of sp³-hybridized carbons (Fsp3) is 0.286. The highest BCUT2D eigenvalue weighted by Crippen LogP contribution is 2.42. The standard InChI is InChI=1S/C28H28N2O5S/c1-29-25-16-26(19-7-9-20(10-8-19)28-15-21-5-3-4-6-27(21)35-28)30(17-22(25)18-34-29)36(31,32)24-13-11-23(33-2)12-14-24/h3-15,22,25-26H,16-18H2,1-2H3/t22-,25-,26-/m0/s1. The van der Waals surface area contributed by atoms with Gasteiger partial charge in [0.1, 0.15) is 17.1 Å². The minimum absolute atomic E-state index is 0.120. The smallest absolute Gasteiger partial charge is 0.243 e. The Morgan fingerprint density at radius 2 is 1.72 bits per heavy atom. The van der Waals surface area contributed by atoms with E-state index in [0.29, 0.717) is 25.3 Å². The lowest BCUT2D eigenvalue weighted by atomic mass is 9.87. The number of hydrogen-bond donors (Lipinski definition) is 0. The van der Waals surface area contributed by atoms with E-state index in [4.69, 9.17) is 14.0 Å². The summed E-state index contributed by atoms with van der Waals surface area (Å²) < 4.78 is 40.6. The number of piperidine rings is 1. The average Bonchev–Trinajstić information content (AvgIpc) is 3.51. The van der Waals surface area contributed by atoms with E-state index >= 15 is 0 Å². The minimum atomic E-state index is -3.73. The molecule has 36 heavy (non-hydrogen) atoms. The van der Waals surface area contributed by atoms with Crippen LogP contribution in [0.2, 0.25) is 0 Å². The second kappa shape index (κ2) is 9.05. The zero-order chi connectivity index (χ0) is 24.9. The Balaban J connectivity index is 1.35. The number of ether oxygens (including phenoxy) is 1. The van der Waals surface area contributed by atoms with Gasteiger partial charge < -0.3 is 9.15 Å². The van der Waals surface area contributed by atoms with Crippen LogP contribution in [0.5, 0.6) is 5.75 Å². The first-order valence-electron chi connectivity index (χ1n) is 12.0. The molecule has 0 bridgehead atoms. The van der Waals surface area contributed by atoms with Crippen molar-refractivity contribution in [3.8, 4) is 17.1 Å². The lowest BCUT2D eigenvalue weighted by molar-refractivity contribution is -0.113. The Labute approximate surface area is 210 Å². The van der Waals surface area contributed by atoms with Crippen LogP contribution in [-0.4, -0.2) is 51.1 Å². The highest BCUT2D eigenvalue weighted by Gasteiger charge is 2.46. The fourth-order valence-electron chi connectivity index (χ4n) is 5.38. The van der Waals surface area contributed by atoms with E-state index in [-0.39, 0.29) is 22.9 Å². The first-order chi connectivity index (χ1) is 17.4. The maximum absolute atomic E-state index is 13.8. The van der Waals surface area contributed by atoms with Crippen molar-refractivity contribution in [1.82, 2.24) is 9.37 Å². The summed E-state index contributed by atoms with van der Waals surface area (Å²) in [7, 11) is -0.239. The van der Waals surface area contributed by atoms with Crippen molar-refractivity contribution in [3.05, 3.63) is 84.4 Å². The van der Waals surface area contributed by atoms with Crippen molar-refractivity contribution in [2.45, 2.75) is 23.4 Å². The Bertz CT molecular complexity index is 1450. The van der Waals surface area contributed by atoms with E-state index in [1.54, 1.807) is 35.7 Å². The number of sulfonamides is 1. The van der Waals surface area contributed by atoms with E-state index in [1.807, 2.05) is 66.7 Å². The SMILES string of the molecule is COc1ccc(S(=O)(=O)N2C[C@H]3CON(C)[C@H]3C[C@H]2c2ccc(-c3cc4ccccc4o3)cc2)cc1. The molecule has 0 saturated carbocycles. The average molecular weight is 505 g/mol. The molecule has 2 aliphatic rings. The molecule has 0 amide bonds. The van der Waals surface area contributed by atoms with Crippen LogP contribution in [0.3, 0.4) is 0 Å². The van der Waals surface area contributed by atoms with Gasteiger partial charge in [0, 0.05) is 36.5 Å². The van der Waals surface area contributed by atoms with Gasteiger partial charge in [-0.05, 0) is 48.4 Å². The maximum Gasteiger partial charge on any atom is 0.243 e. The normalized spacial score (nSPS) is 23.1. The van der Waals surface area contributed by atoms with Gasteiger partial charge in [-0.3, -0.25) is 4.84 Å². The third kappa shape index (κ3) is 4.00. The van der Waals surface area contributed by atoms with Crippen LogP contribution in [0.4, 0.5) is 0 Å². The monoisotopic (exact) mass is 504 g/mol. The molecule has 186 valence electrons. The van der Waals surface area contributed by atoms with E-state index in [1.165, 1.54) is 0 Å². The Morgan fingerprint density at radius 3 is 2.44 bits per heavy atom. The van der Waals surface area contributed by atoms with Gasteiger partial charge in [-0.15, -0.1) is 0 Å². The van der Waals surface area contributed by atoms with Crippen LogP contribution in [0.1, 0.15) is 18.0 Å². The Hall–Kier alpha value is -3.17. The fourth-order valence-corrected chi connectivity index (χ4v) is 7.06. The van der Waals surface area contributed by atoms with Crippen LogP contribution in [-0.2, 0) is 14.9 Å². The molecule has 1 aromatic heterocycles. The summed E-state index contributed by atoms with van der Waals surface area (Å²) in [5.41, 5.74) is 2.75. The molecule has 2 saturated heterocycles. The molecule has 3 aromatic carbocycles. The second-order valence-corrected chi connectivity index (χ2v) is 11.3. The summed E-state index contributed by atoms with van der Waals surface area (Å²) in [5.74, 6) is 1.53. The van der Waals surface area contributed by atoms with E-state index in [2.05, 4.69) is 0 Å². The molecule has 7 nitrogen and oxygen atoms in total. The van der Waals surface area contributed by atoms with Gasteiger partial charge in [-0.25, -0.2) is 8.42 Å². The van der Waals surface area contributed by atoms with Gasteiger partial charge >= 0.3 is 0 Å². The topological polar surface area (TPSA) is 72.2 Å². The first-order valence-corrected chi connectivity index (χ1v) is 13.5. The number of furan rings is 1. The zero-order valence-electron chi connectivity index (χ0n) is 20.2. The highest BCUT2D eigenvalue weighted by atomic mass is 32.2. The van der Waals surface area contributed by atoms with E-state index in [9.17, 15) is 8.42 Å². The third-order valence-corrected chi connectivity index (χ3v) is 9.29. The van der Waals surface area contributed by atoms with Gasteiger partial charge in [-0.2, -0.15) is 9.37 Å². The molecule has 0 aliphatic carbocycles. The Morgan fingerprint density at radius 1 is 0.972 bits per heavy atom. The largest absolute Gasteiger partial charge is 0.497 e. The maximum atomic E-state index is 13.8. The predicted molar refractivity (Wildman–Crippen MR) is 137 cm³/mol. The van der Waals surface area contributed by atoms with E-state index < -0.39 is 10.0 Å². The zero-order valence-corrected chi connectivity index (χ0v) is 21.0. The van der Waals surface area contributed by atoms with Crippen molar-refractivity contribution in [2.75, 3.05) is 27.3 Å². The van der Waals surface area contributed by atoms with Gasteiger partial charge in [0.05, 0.1) is 24.7 Å². The molecule has 2 aliphatic heterocycles. The molecule has 0 unspecified atom stereocenters. The molecular formula is C28H28N2O5S. The molecule has 3 heterocycles. The van der Waals surface area contributed by atoms with Crippen molar-refractivity contribution in [1.29, 1.82) is 0 Å². The number of fused-ring (bicyclic) bond motifs is 2. The second-order valence-electron chi connectivity index (χ2n) is 9.44. The number of benzene rings is 3. The molecule has 0 N–H and O–H groups in total. The number of hydroxylamine groups is 2. The number of nitrogens with zero attached hydrogens (tertiary/aromatic N) is 2. The lowest BCUT2D eigenvalue weighted by Crippen LogP contribution is -2.49. The van der Waals surface area contributed by atoms with Crippen LogP contribution >= 0.6 is 0 Å². The van der Waals surface area contributed by atoms with Gasteiger partial charge in [-0.1, -0.05) is 42.5 Å². The first kappa shape index (κ1) is 23.2. The predicted octanol–water partition coefficient (Wildman–Crippen LogP) is 5.11. The van der Waals surface area contributed by atoms with Crippen LogP contribution in [0.15, 0.2) is 88.2 Å². The van der Waals surface area contributed by atoms with Gasteiger partial charge in [0.2, 0.25) is 10.0 Å². The van der Waals surface area contributed by atoms with E-state index in [0.717, 1.165) is 27.9 Å². The summed E-state index contributed by atoms with van der Waals surface area (Å²) in [5, 5.41) is 2.94. The van der Waals surface area contributed by atoms with Gasteiger partial charge in [0.15, 0.2) is 0 Å². The van der Waals surface area contributed by atoms with Crippen LogP contribution < -0.4 is 4.74 Å². The quantitative estimate of drug-likeness (QED) is 0.376. The van der Waals surface area contributed by atoms with Crippen LogP contribution in [0, 0.1) is 5.92 Å². The number of rotatable bonds is 5. The molecule has 0 radical (unpaired) electrons. The summed E-state index contributed by atoms with van der Waals surface area (Å²) >= 11 is 0. The van der Waals surface area contributed by atoms with Crippen molar-refractivity contribution >= 4 is 21.0 Å². The van der Waals surface area contributed by atoms with Gasteiger partial charge in [0.25, 0.3) is 0 Å². The van der Waals surface area contributed by atoms with Crippen molar-refractivity contribution < 1.29 is 22.4 Å². The molecule has 4 aromatic rings. The summed E-state index contributed by atoms with van der Waals surface area (Å²) in [6, 6.07) is 24.4. The van der Waals surface area contributed by atoms with Crippen molar-refractivity contribution in [2.24, 2.45) is 5.92 Å². The summed E-state index contributed by atoms with van der Waals surface area (Å²) in [6.07, 6.45) is 0.653. The number of para-hydroxylation sites is 1.